The largest absolute Gasteiger partial charge is 0.497 e. The maximum atomic E-state index is 13.8. The third kappa shape index (κ3) is 5.23. The average molecular weight is 525 g/mol. The minimum absolute atomic E-state index is 0.00372. The van der Waals surface area contributed by atoms with Crippen LogP contribution >= 0.6 is 23.2 Å². The van der Waals surface area contributed by atoms with E-state index in [-0.39, 0.29) is 31.9 Å². The highest BCUT2D eigenvalue weighted by Crippen LogP contribution is 2.39. The fraction of sp³-hybridized carbons (Fsp3) is 0.174. The summed E-state index contributed by atoms with van der Waals surface area (Å²) in [5.74, 6) is -0.543. The van der Waals surface area contributed by atoms with Gasteiger partial charge in [0.25, 0.3) is 10.0 Å². The maximum Gasteiger partial charge on any atom is 0.268 e. The van der Waals surface area contributed by atoms with Gasteiger partial charge < -0.3 is 20.3 Å². The molecular formula is C23H22Cl2N2O6S. The summed E-state index contributed by atoms with van der Waals surface area (Å²) in [6.07, 6.45) is -1.36. The summed E-state index contributed by atoms with van der Waals surface area (Å²) in [7, 11) is -1.68. The first-order valence-corrected chi connectivity index (χ1v) is 12.0. The second kappa shape index (κ2) is 10.5. The van der Waals surface area contributed by atoms with Gasteiger partial charge in [0.15, 0.2) is 0 Å². The highest BCUT2D eigenvalue weighted by molar-refractivity contribution is 7.93. The van der Waals surface area contributed by atoms with Crippen molar-refractivity contribution in [3.8, 4) is 11.5 Å². The van der Waals surface area contributed by atoms with Gasteiger partial charge in [-0.25, -0.2) is 8.42 Å². The molecule has 1 atom stereocenters. The van der Waals surface area contributed by atoms with Crippen LogP contribution in [0, 0.1) is 0 Å². The Hall–Kier alpha value is -2.98. The molecule has 0 aliphatic carbocycles. The van der Waals surface area contributed by atoms with Crippen LogP contribution in [-0.2, 0) is 14.8 Å². The number of methoxy groups -OCH3 is 2. The van der Waals surface area contributed by atoms with Crippen molar-refractivity contribution in [3.63, 3.8) is 0 Å². The van der Waals surface area contributed by atoms with Crippen molar-refractivity contribution in [3.05, 3.63) is 81.8 Å². The number of aliphatic hydroxyl groups excluding tert-OH is 1. The van der Waals surface area contributed by atoms with E-state index in [2.05, 4.69) is 0 Å². The third-order valence-corrected chi connectivity index (χ3v) is 7.37. The van der Waals surface area contributed by atoms with Crippen LogP contribution < -0.4 is 19.5 Å². The highest BCUT2D eigenvalue weighted by Gasteiger charge is 2.33. The summed E-state index contributed by atoms with van der Waals surface area (Å²) in [5.41, 5.74) is 5.84. The molecule has 180 valence electrons. The SMILES string of the molecule is COc1ccc(S(=O)(=O)N(CC(N)=O)c2ccc(Cl)cc2C(O)c2ccccc2Cl)c(OC)c1. The van der Waals surface area contributed by atoms with E-state index in [1.807, 2.05) is 0 Å². The van der Waals surface area contributed by atoms with Gasteiger partial charge in [0.05, 0.1) is 19.9 Å². The van der Waals surface area contributed by atoms with Gasteiger partial charge in [-0.1, -0.05) is 41.4 Å². The van der Waals surface area contributed by atoms with Crippen LogP contribution in [0.1, 0.15) is 17.2 Å². The van der Waals surface area contributed by atoms with E-state index in [0.29, 0.717) is 11.3 Å². The molecule has 3 aromatic carbocycles. The lowest BCUT2D eigenvalue weighted by molar-refractivity contribution is -0.116. The van der Waals surface area contributed by atoms with Gasteiger partial charge in [-0.05, 0) is 36.4 Å². The number of anilines is 1. The number of ether oxygens (including phenoxy) is 2. The first-order chi connectivity index (χ1) is 16.1. The highest BCUT2D eigenvalue weighted by atomic mass is 35.5. The van der Waals surface area contributed by atoms with Crippen molar-refractivity contribution in [1.82, 2.24) is 0 Å². The normalized spacial score (nSPS) is 12.1. The summed E-state index contributed by atoms with van der Waals surface area (Å²) in [4.78, 5) is 11.7. The number of sulfonamides is 1. The monoisotopic (exact) mass is 524 g/mol. The number of carbonyl (C=O) groups is 1. The number of rotatable bonds is 9. The molecule has 0 saturated carbocycles. The maximum absolute atomic E-state index is 13.8. The fourth-order valence-electron chi connectivity index (χ4n) is 3.38. The molecule has 0 bridgehead atoms. The number of benzene rings is 3. The molecule has 0 spiro atoms. The Labute approximate surface area is 207 Å². The molecule has 0 aliphatic heterocycles. The second-order valence-corrected chi connectivity index (χ2v) is 9.80. The number of nitrogens with zero attached hydrogens (tertiary/aromatic N) is 1. The van der Waals surface area contributed by atoms with E-state index in [4.69, 9.17) is 38.4 Å². The number of amides is 1. The van der Waals surface area contributed by atoms with Gasteiger partial charge in [-0.2, -0.15) is 0 Å². The number of carbonyl (C=O) groups excluding carboxylic acids is 1. The van der Waals surface area contributed by atoms with E-state index in [1.54, 1.807) is 24.3 Å². The van der Waals surface area contributed by atoms with E-state index in [9.17, 15) is 18.3 Å². The van der Waals surface area contributed by atoms with Crippen molar-refractivity contribution in [2.45, 2.75) is 11.0 Å². The van der Waals surface area contributed by atoms with Crippen LogP contribution in [0.3, 0.4) is 0 Å². The molecule has 8 nitrogen and oxygen atoms in total. The summed E-state index contributed by atoms with van der Waals surface area (Å²) < 4.78 is 38.7. The van der Waals surface area contributed by atoms with Gasteiger partial charge in [0.1, 0.15) is 29.0 Å². The lowest BCUT2D eigenvalue weighted by Gasteiger charge is -2.28. The van der Waals surface area contributed by atoms with Gasteiger partial charge >= 0.3 is 0 Å². The summed E-state index contributed by atoms with van der Waals surface area (Å²) in [6, 6.07) is 14.9. The predicted octanol–water partition coefficient (Wildman–Crippen LogP) is 3.77. The molecule has 1 unspecified atom stereocenters. The summed E-state index contributed by atoms with van der Waals surface area (Å²) in [5, 5.41) is 11.6. The average Bonchev–Trinajstić information content (AvgIpc) is 2.81. The van der Waals surface area contributed by atoms with E-state index >= 15 is 0 Å². The lowest BCUT2D eigenvalue weighted by atomic mass is 9.99. The summed E-state index contributed by atoms with van der Waals surface area (Å²) >= 11 is 12.4. The van der Waals surface area contributed by atoms with Crippen molar-refractivity contribution in [2.24, 2.45) is 5.73 Å². The molecule has 11 heteroatoms. The van der Waals surface area contributed by atoms with Gasteiger partial charge in [0, 0.05) is 27.2 Å². The number of hydrogen-bond donors (Lipinski definition) is 2. The Kier molecular flexibility index (Phi) is 7.93. The lowest BCUT2D eigenvalue weighted by Crippen LogP contribution is -2.39. The standard InChI is InChI=1S/C23H22Cl2N2O6S/c1-32-15-8-10-21(20(12-15)33-2)34(30,31)27(13-22(26)28)19-9-7-14(24)11-17(19)23(29)16-5-3-4-6-18(16)25/h3-12,23,29H,13H2,1-2H3,(H2,26,28). The Bertz CT molecular complexity index is 1320. The van der Waals surface area contributed by atoms with Crippen LogP contribution in [-0.4, -0.2) is 40.2 Å². The van der Waals surface area contributed by atoms with Crippen LogP contribution in [0.2, 0.25) is 10.0 Å². The number of aliphatic hydroxyl groups is 1. The molecule has 1 amide bonds. The number of hydrogen-bond acceptors (Lipinski definition) is 6. The third-order valence-electron chi connectivity index (χ3n) is 4.99. The van der Waals surface area contributed by atoms with Crippen LogP contribution in [0.4, 0.5) is 5.69 Å². The predicted molar refractivity (Wildman–Crippen MR) is 130 cm³/mol. The van der Waals surface area contributed by atoms with Crippen molar-refractivity contribution in [2.75, 3.05) is 25.1 Å². The molecule has 0 radical (unpaired) electrons. The Balaban J connectivity index is 2.24. The number of halogens is 2. The first-order valence-electron chi connectivity index (χ1n) is 9.85. The minimum Gasteiger partial charge on any atom is -0.497 e. The quantitative estimate of drug-likeness (QED) is 0.439. The Morgan fingerprint density at radius 3 is 2.35 bits per heavy atom. The number of primary amides is 1. The Morgan fingerprint density at radius 1 is 1.03 bits per heavy atom. The molecule has 0 saturated heterocycles. The molecule has 3 N–H and O–H groups in total. The molecule has 0 aromatic heterocycles. The molecule has 3 aromatic rings. The molecule has 0 heterocycles. The van der Waals surface area contributed by atoms with Gasteiger partial charge in [0.2, 0.25) is 5.91 Å². The molecule has 3 rings (SSSR count). The zero-order valence-corrected chi connectivity index (χ0v) is 20.6. The molecule has 34 heavy (non-hydrogen) atoms. The topological polar surface area (TPSA) is 119 Å². The molecule has 0 fully saturated rings. The van der Waals surface area contributed by atoms with Crippen LogP contribution in [0.15, 0.2) is 65.6 Å². The number of nitrogens with two attached hydrogens (primary N) is 1. The van der Waals surface area contributed by atoms with Gasteiger partial charge in [-0.3, -0.25) is 9.10 Å². The smallest absolute Gasteiger partial charge is 0.268 e. The van der Waals surface area contributed by atoms with Crippen molar-refractivity contribution >= 4 is 44.8 Å². The zero-order chi connectivity index (χ0) is 25.0. The zero-order valence-electron chi connectivity index (χ0n) is 18.2. The molecule has 0 aliphatic rings. The fourth-order valence-corrected chi connectivity index (χ4v) is 5.40. The van der Waals surface area contributed by atoms with Crippen molar-refractivity contribution in [1.29, 1.82) is 0 Å². The van der Waals surface area contributed by atoms with Crippen molar-refractivity contribution < 1.29 is 27.8 Å². The summed E-state index contributed by atoms with van der Waals surface area (Å²) in [6.45, 7) is -0.707. The van der Waals surface area contributed by atoms with Crippen LogP contribution in [0.25, 0.3) is 0 Å². The van der Waals surface area contributed by atoms with E-state index in [1.165, 1.54) is 50.6 Å². The second-order valence-electron chi connectivity index (χ2n) is 7.12. The van der Waals surface area contributed by atoms with E-state index < -0.39 is 28.6 Å². The minimum atomic E-state index is -4.41. The Morgan fingerprint density at radius 2 is 1.74 bits per heavy atom. The molecular weight excluding hydrogens is 503 g/mol. The van der Waals surface area contributed by atoms with Gasteiger partial charge in [-0.15, -0.1) is 0 Å². The van der Waals surface area contributed by atoms with E-state index in [0.717, 1.165) is 4.31 Å². The van der Waals surface area contributed by atoms with Crippen LogP contribution in [0.5, 0.6) is 11.5 Å². The first kappa shape index (κ1) is 25.6.